The van der Waals surface area contributed by atoms with Crippen LogP contribution in [-0.2, 0) is 0 Å². The predicted molar refractivity (Wildman–Crippen MR) is 43.5 cm³/mol. The highest BCUT2D eigenvalue weighted by molar-refractivity contribution is 5.95. The Hall–Kier alpha value is -1.68. The Kier molecular flexibility index (Phi) is 2.55. The SMILES string of the molecule is NNC(=O)c1cccc(C=O)c1. The second-order valence-corrected chi connectivity index (χ2v) is 2.22. The second kappa shape index (κ2) is 3.64. The van der Waals surface area contributed by atoms with Gasteiger partial charge in [-0.2, -0.15) is 0 Å². The van der Waals surface area contributed by atoms with E-state index in [0.29, 0.717) is 17.4 Å². The Balaban J connectivity index is 3.01. The van der Waals surface area contributed by atoms with Crippen LogP contribution in [0.15, 0.2) is 24.3 Å². The summed E-state index contributed by atoms with van der Waals surface area (Å²) in [6.45, 7) is 0. The van der Waals surface area contributed by atoms with E-state index >= 15 is 0 Å². The monoisotopic (exact) mass is 164 g/mol. The number of rotatable bonds is 2. The third-order valence-corrected chi connectivity index (χ3v) is 1.42. The molecule has 1 aromatic rings. The van der Waals surface area contributed by atoms with Crippen molar-refractivity contribution in [3.05, 3.63) is 35.4 Å². The Morgan fingerprint density at radius 1 is 1.50 bits per heavy atom. The van der Waals surface area contributed by atoms with Crippen LogP contribution in [0, 0.1) is 0 Å². The van der Waals surface area contributed by atoms with Gasteiger partial charge in [0.05, 0.1) is 0 Å². The molecular weight excluding hydrogens is 156 g/mol. The molecular formula is C8H8N2O2. The lowest BCUT2D eigenvalue weighted by atomic mass is 10.1. The van der Waals surface area contributed by atoms with Crippen molar-refractivity contribution in [3.63, 3.8) is 0 Å². The second-order valence-electron chi connectivity index (χ2n) is 2.22. The minimum absolute atomic E-state index is 0.377. The zero-order chi connectivity index (χ0) is 8.97. The maximum atomic E-state index is 10.9. The summed E-state index contributed by atoms with van der Waals surface area (Å²) >= 11 is 0. The van der Waals surface area contributed by atoms with Crippen LogP contribution in [0.2, 0.25) is 0 Å². The number of nitrogen functional groups attached to an aromatic ring is 1. The van der Waals surface area contributed by atoms with Gasteiger partial charge in [0.2, 0.25) is 0 Å². The van der Waals surface area contributed by atoms with Crippen molar-refractivity contribution in [2.45, 2.75) is 0 Å². The summed E-state index contributed by atoms with van der Waals surface area (Å²) in [6.07, 6.45) is 0.674. The zero-order valence-corrected chi connectivity index (χ0v) is 6.28. The van der Waals surface area contributed by atoms with Crippen molar-refractivity contribution in [1.82, 2.24) is 5.43 Å². The van der Waals surface area contributed by atoms with Gasteiger partial charge in [-0.25, -0.2) is 5.84 Å². The van der Waals surface area contributed by atoms with Gasteiger partial charge in [0.25, 0.3) is 5.91 Å². The van der Waals surface area contributed by atoms with E-state index in [0.717, 1.165) is 0 Å². The van der Waals surface area contributed by atoms with E-state index in [9.17, 15) is 9.59 Å². The summed E-state index contributed by atoms with van der Waals surface area (Å²) in [5.74, 6) is 4.50. The lowest BCUT2D eigenvalue weighted by Crippen LogP contribution is -2.29. The molecule has 0 bridgehead atoms. The molecule has 0 saturated carbocycles. The van der Waals surface area contributed by atoms with Crippen LogP contribution >= 0.6 is 0 Å². The molecule has 62 valence electrons. The molecule has 1 aromatic carbocycles. The topological polar surface area (TPSA) is 72.2 Å². The molecule has 0 aliphatic heterocycles. The highest BCUT2D eigenvalue weighted by atomic mass is 16.2. The number of carbonyl (C=O) groups is 2. The number of amides is 1. The summed E-state index contributed by atoms with van der Waals surface area (Å²) in [6, 6.07) is 6.28. The average Bonchev–Trinajstić information content (AvgIpc) is 2.17. The molecule has 0 aliphatic carbocycles. The Morgan fingerprint density at radius 2 is 2.25 bits per heavy atom. The van der Waals surface area contributed by atoms with E-state index in [1.165, 1.54) is 6.07 Å². The van der Waals surface area contributed by atoms with E-state index < -0.39 is 5.91 Å². The lowest BCUT2D eigenvalue weighted by molar-refractivity contribution is 0.0953. The number of aldehydes is 1. The van der Waals surface area contributed by atoms with E-state index in [-0.39, 0.29) is 0 Å². The van der Waals surface area contributed by atoms with Gasteiger partial charge in [0, 0.05) is 11.1 Å². The van der Waals surface area contributed by atoms with Gasteiger partial charge >= 0.3 is 0 Å². The van der Waals surface area contributed by atoms with Gasteiger partial charge in [0.1, 0.15) is 6.29 Å². The first-order valence-electron chi connectivity index (χ1n) is 3.34. The van der Waals surface area contributed by atoms with Crippen molar-refractivity contribution in [3.8, 4) is 0 Å². The van der Waals surface area contributed by atoms with Crippen LogP contribution in [0.25, 0.3) is 0 Å². The summed E-state index contributed by atoms with van der Waals surface area (Å²) in [7, 11) is 0. The summed E-state index contributed by atoms with van der Waals surface area (Å²) in [5.41, 5.74) is 2.81. The van der Waals surface area contributed by atoms with Gasteiger partial charge in [-0.1, -0.05) is 12.1 Å². The fourth-order valence-electron chi connectivity index (χ4n) is 0.837. The third-order valence-electron chi connectivity index (χ3n) is 1.42. The third kappa shape index (κ3) is 1.67. The van der Waals surface area contributed by atoms with Gasteiger partial charge in [-0.3, -0.25) is 15.0 Å². The van der Waals surface area contributed by atoms with Crippen molar-refractivity contribution in [2.24, 2.45) is 5.84 Å². The zero-order valence-electron chi connectivity index (χ0n) is 6.28. The molecule has 4 nitrogen and oxygen atoms in total. The molecule has 3 N–H and O–H groups in total. The molecule has 12 heavy (non-hydrogen) atoms. The molecule has 1 rings (SSSR count). The van der Waals surface area contributed by atoms with Crippen LogP contribution in [0.4, 0.5) is 0 Å². The normalized spacial score (nSPS) is 9.08. The first kappa shape index (κ1) is 8.42. The first-order chi connectivity index (χ1) is 5.77. The number of nitrogens with two attached hydrogens (primary N) is 1. The quantitative estimate of drug-likeness (QED) is 0.282. The fourth-order valence-corrected chi connectivity index (χ4v) is 0.837. The van der Waals surface area contributed by atoms with Crippen molar-refractivity contribution < 1.29 is 9.59 Å². The first-order valence-corrected chi connectivity index (χ1v) is 3.34. The number of carbonyl (C=O) groups excluding carboxylic acids is 2. The maximum absolute atomic E-state index is 10.9. The van der Waals surface area contributed by atoms with Gasteiger partial charge in [-0.15, -0.1) is 0 Å². The highest BCUT2D eigenvalue weighted by Gasteiger charge is 2.02. The van der Waals surface area contributed by atoms with Crippen LogP contribution in [0.5, 0.6) is 0 Å². The van der Waals surface area contributed by atoms with Crippen molar-refractivity contribution in [2.75, 3.05) is 0 Å². The Morgan fingerprint density at radius 3 is 2.83 bits per heavy atom. The molecule has 0 unspecified atom stereocenters. The van der Waals surface area contributed by atoms with Gasteiger partial charge < -0.3 is 0 Å². The molecule has 1 amide bonds. The smallest absolute Gasteiger partial charge is 0.265 e. The number of hydrogen-bond donors (Lipinski definition) is 2. The van der Waals surface area contributed by atoms with E-state index in [4.69, 9.17) is 5.84 Å². The van der Waals surface area contributed by atoms with E-state index in [2.05, 4.69) is 0 Å². The summed E-state index contributed by atoms with van der Waals surface area (Å²) < 4.78 is 0. The summed E-state index contributed by atoms with van der Waals surface area (Å²) in [5, 5.41) is 0. The molecule has 0 saturated heterocycles. The maximum Gasteiger partial charge on any atom is 0.265 e. The summed E-state index contributed by atoms with van der Waals surface area (Å²) in [4.78, 5) is 21.2. The molecule has 0 atom stereocenters. The molecule has 0 fully saturated rings. The number of hydrogen-bond acceptors (Lipinski definition) is 3. The minimum atomic E-state index is -0.404. The predicted octanol–water partition coefficient (Wildman–Crippen LogP) is 0.103. The number of nitrogens with one attached hydrogen (secondary N) is 1. The highest BCUT2D eigenvalue weighted by Crippen LogP contribution is 2.02. The van der Waals surface area contributed by atoms with Crippen molar-refractivity contribution >= 4 is 12.2 Å². The van der Waals surface area contributed by atoms with Crippen LogP contribution in [0.1, 0.15) is 20.7 Å². The fraction of sp³-hybridized carbons (Fsp3) is 0. The Labute approximate surface area is 69.3 Å². The molecule has 4 heteroatoms. The van der Waals surface area contributed by atoms with Crippen LogP contribution in [0.3, 0.4) is 0 Å². The van der Waals surface area contributed by atoms with Gasteiger partial charge in [0.15, 0.2) is 0 Å². The standard InChI is InChI=1S/C8H8N2O2/c9-10-8(12)7-3-1-2-6(4-7)5-11/h1-5H,9H2,(H,10,12). The van der Waals surface area contributed by atoms with Crippen molar-refractivity contribution in [1.29, 1.82) is 0 Å². The Bertz CT molecular complexity index is 310. The molecule has 0 spiro atoms. The molecule has 0 aliphatic rings. The average molecular weight is 164 g/mol. The number of benzene rings is 1. The largest absolute Gasteiger partial charge is 0.298 e. The molecule has 0 aromatic heterocycles. The number of hydrazine groups is 1. The van der Waals surface area contributed by atoms with Crippen LogP contribution < -0.4 is 11.3 Å². The minimum Gasteiger partial charge on any atom is -0.298 e. The van der Waals surface area contributed by atoms with Gasteiger partial charge in [-0.05, 0) is 12.1 Å². The lowest BCUT2D eigenvalue weighted by Gasteiger charge is -1.98. The van der Waals surface area contributed by atoms with E-state index in [1.54, 1.807) is 18.2 Å². The van der Waals surface area contributed by atoms with E-state index in [1.807, 2.05) is 5.43 Å². The molecule has 0 heterocycles. The van der Waals surface area contributed by atoms with Crippen LogP contribution in [-0.4, -0.2) is 12.2 Å². The molecule has 0 radical (unpaired) electrons.